The van der Waals surface area contributed by atoms with E-state index in [0.29, 0.717) is 0 Å². The summed E-state index contributed by atoms with van der Waals surface area (Å²) in [5, 5.41) is 0. The van der Waals surface area contributed by atoms with Crippen LogP contribution < -0.4 is 0 Å². The fourth-order valence-corrected chi connectivity index (χ4v) is 1.96. The quantitative estimate of drug-likeness (QED) is 0.440. The first-order valence-corrected chi connectivity index (χ1v) is 3.78. The zero-order chi connectivity index (χ0) is 6.27. The van der Waals surface area contributed by atoms with Crippen molar-refractivity contribution in [3.8, 4) is 0 Å². The third kappa shape index (κ3) is 0.715. The van der Waals surface area contributed by atoms with Gasteiger partial charge < -0.3 is 0 Å². The molecule has 1 nitrogen and oxygen atoms in total. The molecule has 0 N–H and O–H groups in total. The van der Waals surface area contributed by atoms with Gasteiger partial charge in [0.2, 0.25) is 0 Å². The highest BCUT2D eigenvalue weighted by molar-refractivity contribution is 5.17. The van der Waals surface area contributed by atoms with Crippen LogP contribution in [0.1, 0.15) is 19.8 Å². The van der Waals surface area contributed by atoms with Crippen LogP contribution in [0.25, 0.3) is 0 Å². The van der Waals surface area contributed by atoms with Crippen LogP contribution in [0, 0.1) is 0 Å². The minimum atomic E-state index is 0.838. The third-order valence-corrected chi connectivity index (χ3v) is 2.54. The lowest BCUT2D eigenvalue weighted by atomic mass is 10.1. The van der Waals surface area contributed by atoms with Crippen LogP contribution in [0.2, 0.25) is 0 Å². The molecule has 2 aliphatic rings. The summed E-state index contributed by atoms with van der Waals surface area (Å²) in [6, 6.07) is 0.838. The number of hydrogen-bond donors (Lipinski definition) is 0. The normalized spacial score (nSPS) is 34.8. The van der Waals surface area contributed by atoms with Crippen molar-refractivity contribution in [2.45, 2.75) is 25.8 Å². The molecule has 2 heterocycles. The summed E-state index contributed by atoms with van der Waals surface area (Å²) in [4.78, 5) is 2.56. The van der Waals surface area contributed by atoms with Crippen LogP contribution >= 0.6 is 0 Å². The second-order valence-corrected chi connectivity index (χ2v) is 3.10. The van der Waals surface area contributed by atoms with E-state index < -0.39 is 0 Å². The topological polar surface area (TPSA) is 3.24 Å². The Hall–Kier alpha value is -0.300. The molecule has 2 rings (SSSR count). The minimum absolute atomic E-state index is 0.838. The van der Waals surface area contributed by atoms with Gasteiger partial charge in [-0.2, -0.15) is 0 Å². The van der Waals surface area contributed by atoms with Gasteiger partial charge in [0.25, 0.3) is 0 Å². The second-order valence-electron chi connectivity index (χ2n) is 3.10. The Morgan fingerprint density at radius 3 is 3.33 bits per heavy atom. The Morgan fingerprint density at radius 1 is 1.67 bits per heavy atom. The van der Waals surface area contributed by atoms with Gasteiger partial charge in [-0.1, -0.05) is 11.6 Å². The zero-order valence-corrected chi connectivity index (χ0v) is 5.93. The molecular weight excluding hydrogens is 110 g/mol. The van der Waals surface area contributed by atoms with Crippen molar-refractivity contribution in [2.24, 2.45) is 0 Å². The molecule has 0 amide bonds. The van der Waals surface area contributed by atoms with Gasteiger partial charge >= 0.3 is 0 Å². The first-order valence-electron chi connectivity index (χ1n) is 3.78. The predicted octanol–water partition coefficient (Wildman–Crippen LogP) is 1.41. The zero-order valence-electron chi connectivity index (χ0n) is 5.93. The smallest absolute Gasteiger partial charge is 0.0309 e. The lowest BCUT2D eigenvalue weighted by molar-refractivity contribution is 0.336. The van der Waals surface area contributed by atoms with Crippen molar-refractivity contribution in [1.82, 2.24) is 4.90 Å². The fourth-order valence-electron chi connectivity index (χ4n) is 1.96. The van der Waals surface area contributed by atoms with Gasteiger partial charge in [-0.05, 0) is 26.3 Å². The monoisotopic (exact) mass is 123 g/mol. The van der Waals surface area contributed by atoms with Gasteiger partial charge in [0.05, 0.1) is 0 Å². The summed E-state index contributed by atoms with van der Waals surface area (Å²) in [6.45, 7) is 4.81. The molecule has 0 aromatic heterocycles. The molecule has 0 radical (unpaired) electrons. The SMILES string of the molecule is CC1=CCN2CCCC12. The Morgan fingerprint density at radius 2 is 2.56 bits per heavy atom. The van der Waals surface area contributed by atoms with Gasteiger partial charge in [0.15, 0.2) is 0 Å². The van der Waals surface area contributed by atoms with E-state index in [1.165, 1.54) is 25.9 Å². The summed E-state index contributed by atoms with van der Waals surface area (Å²) in [7, 11) is 0. The number of hydrogen-bond acceptors (Lipinski definition) is 1. The summed E-state index contributed by atoms with van der Waals surface area (Å²) in [5.74, 6) is 0. The van der Waals surface area contributed by atoms with Gasteiger partial charge in [-0.15, -0.1) is 0 Å². The van der Waals surface area contributed by atoms with Crippen molar-refractivity contribution in [3.05, 3.63) is 11.6 Å². The number of fused-ring (bicyclic) bond motifs is 1. The van der Waals surface area contributed by atoms with Gasteiger partial charge in [0.1, 0.15) is 0 Å². The lowest BCUT2D eigenvalue weighted by Gasteiger charge is -2.15. The van der Waals surface area contributed by atoms with E-state index in [0.717, 1.165) is 6.04 Å². The first-order chi connectivity index (χ1) is 4.38. The summed E-state index contributed by atoms with van der Waals surface area (Å²) >= 11 is 0. The first kappa shape index (κ1) is 5.48. The molecule has 0 spiro atoms. The maximum atomic E-state index is 2.56. The van der Waals surface area contributed by atoms with Crippen molar-refractivity contribution < 1.29 is 0 Å². The van der Waals surface area contributed by atoms with Crippen LogP contribution in [0.4, 0.5) is 0 Å². The fraction of sp³-hybridized carbons (Fsp3) is 0.750. The molecule has 1 unspecified atom stereocenters. The molecule has 50 valence electrons. The van der Waals surface area contributed by atoms with E-state index in [4.69, 9.17) is 0 Å². The molecule has 0 aliphatic carbocycles. The molecule has 0 aromatic rings. The van der Waals surface area contributed by atoms with E-state index in [2.05, 4.69) is 17.9 Å². The van der Waals surface area contributed by atoms with E-state index in [1.807, 2.05) is 0 Å². The van der Waals surface area contributed by atoms with Gasteiger partial charge in [0, 0.05) is 12.6 Å². The van der Waals surface area contributed by atoms with Crippen molar-refractivity contribution in [2.75, 3.05) is 13.1 Å². The molecule has 1 fully saturated rings. The molecule has 1 heteroatoms. The highest BCUT2D eigenvalue weighted by Gasteiger charge is 2.28. The third-order valence-electron chi connectivity index (χ3n) is 2.54. The van der Waals surface area contributed by atoms with Crippen molar-refractivity contribution in [3.63, 3.8) is 0 Å². The molecule has 1 atom stereocenters. The molecular formula is C8H13N. The summed E-state index contributed by atoms with van der Waals surface area (Å²) in [6.07, 6.45) is 5.18. The van der Waals surface area contributed by atoms with Crippen LogP contribution in [-0.2, 0) is 0 Å². The highest BCUT2D eigenvalue weighted by Crippen LogP contribution is 2.27. The standard InChI is InChI=1S/C8H13N/c1-7-4-6-9-5-2-3-8(7)9/h4,8H,2-3,5-6H2,1H3. The van der Waals surface area contributed by atoms with E-state index in [1.54, 1.807) is 5.57 Å². The summed E-state index contributed by atoms with van der Waals surface area (Å²) in [5.41, 5.74) is 1.60. The lowest BCUT2D eigenvalue weighted by Crippen LogP contribution is -2.24. The largest absolute Gasteiger partial charge is 0.293 e. The second kappa shape index (κ2) is 1.84. The molecule has 2 aliphatic heterocycles. The number of rotatable bonds is 0. The average molecular weight is 123 g/mol. The Labute approximate surface area is 56.4 Å². The van der Waals surface area contributed by atoms with Crippen LogP contribution in [0.15, 0.2) is 11.6 Å². The summed E-state index contributed by atoms with van der Waals surface area (Å²) < 4.78 is 0. The Bertz CT molecular complexity index is 149. The van der Waals surface area contributed by atoms with E-state index in [-0.39, 0.29) is 0 Å². The minimum Gasteiger partial charge on any atom is -0.293 e. The van der Waals surface area contributed by atoms with Crippen LogP contribution in [0.3, 0.4) is 0 Å². The Balaban J connectivity index is 2.16. The molecule has 0 aromatic carbocycles. The van der Waals surface area contributed by atoms with E-state index in [9.17, 15) is 0 Å². The van der Waals surface area contributed by atoms with Crippen molar-refractivity contribution in [1.29, 1.82) is 0 Å². The molecule has 9 heavy (non-hydrogen) atoms. The Kier molecular flexibility index (Phi) is 1.12. The van der Waals surface area contributed by atoms with Gasteiger partial charge in [-0.25, -0.2) is 0 Å². The molecule has 0 bridgehead atoms. The maximum Gasteiger partial charge on any atom is 0.0309 e. The van der Waals surface area contributed by atoms with Crippen LogP contribution in [0.5, 0.6) is 0 Å². The number of nitrogens with zero attached hydrogens (tertiary/aromatic N) is 1. The maximum absolute atomic E-state index is 2.56. The molecule has 1 saturated heterocycles. The average Bonchev–Trinajstić information content (AvgIpc) is 2.35. The van der Waals surface area contributed by atoms with Crippen molar-refractivity contribution >= 4 is 0 Å². The predicted molar refractivity (Wildman–Crippen MR) is 38.4 cm³/mol. The van der Waals surface area contributed by atoms with Crippen LogP contribution in [-0.4, -0.2) is 24.0 Å². The highest BCUT2D eigenvalue weighted by atomic mass is 15.2. The van der Waals surface area contributed by atoms with Gasteiger partial charge in [-0.3, -0.25) is 4.90 Å². The van der Waals surface area contributed by atoms with E-state index >= 15 is 0 Å². The molecule has 0 saturated carbocycles.